The molecule has 2 N–H and O–H groups in total. The molecule has 2 rings (SSSR count). The lowest BCUT2D eigenvalue weighted by atomic mass is 10.2. The Morgan fingerprint density at radius 1 is 1.55 bits per heavy atom. The molecule has 1 aliphatic rings. The maximum atomic E-state index is 12.6. The summed E-state index contributed by atoms with van der Waals surface area (Å²) in [6, 6.07) is 0.286. The average Bonchev–Trinajstić information content (AvgIpc) is 2.96. The lowest BCUT2D eigenvalue weighted by molar-refractivity contribution is 0.237. The van der Waals surface area contributed by atoms with Gasteiger partial charge in [0.25, 0.3) is 10.0 Å². The van der Waals surface area contributed by atoms with Crippen molar-refractivity contribution in [2.75, 3.05) is 32.4 Å². The number of sulfonamides is 1. The molecule has 1 aromatic rings. The first-order valence-electron chi connectivity index (χ1n) is 6.85. The summed E-state index contributed by atoms with van der Waals surface area (Å²) in [7, 11) is -0.352. The van der Waals surface area contributed by atoms with Crippen LogP contribution in [-0.4, -0.2) is 59.9 Å². The summed E-state index contributed by atoms with van der Waals surface area (Å²) in [4.78, 5) is 6.17. The third-order valence-electron chi connectivity index (χ3n) is 3.94. The number of anilines is 1. The van der Waals surface area contributed by atoms with Crippen molar-refractivity contribution in [3.8, 4) is 0 Å². The van der Waals surface area contributed by atoms with E-state index < -0.39 is 10.0 Å². The molecule has 20 heavy (non-hydrogen) atoms. The fourth-order valence-electron chi connectivity index (χ4n) is 2.81. The fraction of sp³-hybridized carbons (Fsp3) is 0.750. The molecule has 0 aromatic carbocycles. The maximum Gasteiger partial charge on any atom is 0.262 e. The second-order valence-electron chi connectivity index (χ2n) is 5.26. The molecule has 0 spiro atoms. The Kier molecular flexibility index (Phi) is 4.36. The number of aromatic nitrogens is 2. The van der Waals surface area contributed by atoms with E-state index in [1.807, 2.05) is 0 Å². The highest BCUT2D eigenvalue weighted by Crippen LogP contribution is 2.23. The van der Waals surface area contributed by atoms with Crippen LogP contribution < -0.4 is 5.73 Å². The van der Waals surface area contributed by atoms with Crippen molar-refractivity contribution in [1.29, 1.82) is 0 Å². The third-order valence-corrected chi connectivity index (χ3v) is 5.89. The Morgan fingerprint density at radius 2 is 2.25 bits per heavy atom. The van der Waals surface area contributed by atoms with Gasteiger partial charge in [-0.25, -0.2) is 13.4 Å². The first-order chi connectivity index (χ1) is 9.37. The number of likely N-dealkylation sites (N-methyl/N-ethyl adjacent to an activating group) is 2. The van der Waals surface area contributed by atoms with Crippen LogP contribution in [0.15, 0.2) is 11.4 Å². The van der Waals surface area contributed by atoms with Crippen molar-refractivity contribution >= 4 is 15.8 Å². The van der Waals surface area contributed by atoms with Crippen LogP contribution in [0.3, 0.4) is 0 Å². The van der Waals surface area contributed by atoms with Gasteiger partial charge in [-0.2, -0.15) is 4.31 Å². The third kappa shape index (κ3) is 2.68. The number of hydrogen-bond donors (Lipinski definition) is 1. The summed E-state index contributed by atoms with van der Waals surface area (Å²) in [6.45, 7) is 4.59. The van der Waals surface area contributed by atoms with Crippen LogP contribution in [0.1, 0.15) is 19.8 Å². The van der Waals surface area contributed by atoms with Crippen LogP contribution in [0.5, 0.6) is 0 Å². The van der Waals surface area contributed by atoms with Gasteiger partial charge in [0, 0.05) is 26.7 Å². The zero-order valence-electron chi connectivity index (χ0n) is 12.3. The SMILES string of the molecule is CCN1CCCC1CN(C)S(=O)(=O)c1c(N)ncn1C. The number of likely N-dealkylation sites (tertiary alicyclic amines) is 1. The molecule has 7 nitrogen and oxygen atoms in total. The Morgan fingerprint density at radius 3 is 2.80 bits per heavy atom. The summed E-state index contributed by atoms with van der Waals surface area (Å²) in [5, 5.41) is 0.0704. The van der Waals surface area contributed by atoms with Crippen molar-refractivity contribution in [2.45, 2.75) is 30.8 Å². The lowest BCUT2D eigenvalue weighted by Gasteiger charge is -2.27. The molecule has 1 fully saturated rings. The highest BCUT2D eigenvalue weighted by atomic mass is 32.2. The first-order valence-corrected chi connectivity index (χ1v) is 8.29. The van der Waals surface area contributed by atoms with Crippen molar-refractivity contribution in [3.05, 3.63) is 6.33 Å². The van der Waals surface area contributed by atoms with E-state index in [2.05, 4.69) is 16.8 Å². The van der Waals surface area contributed by atoms with Crippen LogP contribution in [0.4, 0.5) is 5.82 Å². The number of rotatable bonds is 5. The van der Waals surface area contributed by atoms with Gasteiger partial charge >= 0.3 is 0 Å². The molecule has 0 saturated carbocycles. The number of nitrogens with two attached hydrogens (primary N) is 1. The Balaban J connectivity index is 2.18. The average molecular weight is 301 g/mol. The van der Waals surface area contributed by atoms with E-state index in [0.29, 0.717) is 6.54 Å². The normalized spacial score (nSPS) is 20.9. The molecule has 1 saturated heterocycles. The second kappa shape index (κ2) is 5.71. The topological polar surface area (TPSA) is 84.5 Å². The minimum absolute atomic E-state index is 0.0538. The summed E-state index contributed by atoms with van der Waals surface area (Å²) in [6.07, 6.45) is 3.58. The molecule has 2 heterocycles. The first kappa shape index (κ1) is 15.3. The van der Waals surface area contributed by atoms with E-state index in [0.717, 1.165) is 25.9 Å². The number of nitrogens with zero attached hydrogens (tertiary/aromatic N) is 4. The minimum atomic E-state index is -3.59. The van der Waals surface area contributed by atoms with Crippen LogP contribution in [0.2, 0.25) is 0 Å². The molecule has 114 valence electrons. The van der Waals surface area contributed by atoms with Crippen LogP contribution >= 0.6 is 0 Å². The number of aryl methyl sites for hydroxylation is 1. The van der Waals surface area contributed by atoms with E-state index in [4.69, 9.17) is 5.73 Å². The largest absolute Gasteiger partial charge is 0.381 e. The van der Waals surface area contributed by atoms with Crippen LogP contribution in [-0.2, 0) is 17.1 Å². The lowest BCUT2D eigenvalue weighted by Crippen LogP contribution is -2.41. The monoisotopic (exact) mass is 301 g/mol. The molecule has 0 bridgehead atoms. The van der Waals surface area contributed by atoms with Gasteiger partial charge in [0.15, 0.2) is 10.8 Å². The van der Waals surface area contributed by atoms with E-state index in [1.54, 1.807) is 14.1 Å². The second-order valence-corrected chi connectivity index (χ2v) is 7.22. The zero-order chi connectivity index (χ0) is 14.9. The molecule has 0 aliphatic carbocycles. The van der Waals surface area contributed by atoms with Gasteiger partial charge < -0.3 is 10.3 Å². The summed E-state index contributed by atoms with van der Waals surface area (Å²) in [5.41, 5.74) is 5.68. The van der Waals surface area contributed by atoms with E-state index in [1.165, 1.54) is 15.2 Å². The summed E-state index contributed by atoms with van der Waals surface area (Å²) < 4.78 is 28.0. The van der Waals surface area contributed by atoms with Crippen LogP contribution in [0.25, 0.3) is 0 Å². The molecular formula is C12H23N5O2S. The fourth-order valence-corrected chi connectivity index (χ4v) is 4.20. The molecule has 0 amide bonds. The van der Waals surface area contributed by atoms with E-state index >= 15 is 0 Å². The Hall–Kier alpha value is -1.12. The van der Waals surface area contributed by atoms with Crippen molar-refractivity contribution in [3.63, 3.8) is 0 Å². The van der Waals surface area contributed by atoms with Gasteiger partial charge in [-0.15, -0.1) is 0 Å². The highest BCUT2D eigenvalue weighted by Gasteiger charge is 2.32. The van der Waals surface area contributed by atoms with Crippen molar-refractivity contribution in [2.24, 2.45) is 7.05 Å². The number of imidazole rings is 1. The zero-order valence-corrected chi connectivity index (χ0v) is 13.1. The molecule has 0 radical (unpaired) electrons. The standard InChI is InChI=1S/C12H23N5O2S/c1-4-17-7-5-6-10(17)8-16(3)20(18,19)12-11(13)14-9-15(12)2/h9-10H,4-8,13H2,1-3H3. The van der Waals surface area contributed by atoms with Crippen LogP contribution in [0, 0.1) is 0 Å². The number of hydrogen-bond acceptors (Lipinski definition) is 5. The molecule has 1 unspecified atom stereocenters. The highest BCUT2D eigenvalue weighted by molar-refractivity contribution is 7.89. The Bertz CT molecular complexity index is 549. The van der Waals surface area contributed by atoms with Gasteiger partial charge in [0.05, 0.1) is 6.33 Å². The smallest absolute Gasteiger partial charge is 0.262 e. The van der Waals surface area contributed by atoms with Gasteiger partial charge in [0.1, 0.15) is 0 Å². The predicted octanol–water partition coefficient (Wildman–Crippen LogP) is 0.107. The van der Waals surface area contributed by atoms with Gasteiger partial charge in [-0.1, -0.05) is 6.92 Å². The molecular weight excluding hydrogens is 278 g/mol. The number of nitrogen functional groups attached to an aromatic ring is 1. The molecule has 1 aliphatic heterocycles. The van der Waals surface area contributed by atoms with E-state index in [-0.39, 0.29) is 16.9 Å². The van der Waals surface area contributed by atoms with Gasteiger partial charge in [-0.3, -0.25) is 4.90 Å². The summed E-state index contributed by atoms with van der Waals surface area (Å²) in [5.74, 6) is 0.0538. The minimum Gasteiger partial charge on any atom is -0.381 e. The molecule has 1 aromatic heterocycles. The summed E-state index contributed by atoms with van der Waals surface area (Å²) >= 11 is 0. The van der Waals surface area contributed by atoms with Crippen molar-refractivity contribution in [1.82, 2.24) is 18.8 Å². The molecule has 1 atom stereocenters. The predicted molar refractivity (Wildman–Crippen MR) is 77.7 cm³/mol. The Labute approximate surface area is 120 Å². The quantitative estimate of drug-likeness (QED) is 0.834. The van der Waals surface area contributed by atoms with Gasteiger partial charge in [0.2, 0.25) is 0 Å². The van der Waals surface area contributed by atoms with Crippen molar-refractivity contribution < 1.29 is 8.42 Å². The van der Waals surface area contributed by atoms with Gasteiger partial charge in [-0.05, 0) is 25.9 Å². The van der Waals surface area contributed by atoms with E-state index in [9.17, 15) is 8.42 Å². The maximum absolute atomic E-state index is 12.6. The molecule has 8 heteroatoms.